The molecule has 1 N–H and O–H groups in total. The van der Waals surface area contributed by atoms with Crippen molar-refractivity contribution < 1.29 is 27.0 Å². The van der Waals surface area contributed by atoms with Gasteiger partial charge < -0.3 is 14.0 Å². The smallest absolute Gasteiger partial charge is 0.323 e. The van der Waals surface area contributed by atoms with Crippen molar-refractivity contribution in [2.24, 2.45) is 13.0 Å². The average Bonchev–Trinajstić information content (AvgIpc) is 3.30. The molecule has 1 aliphatic rings. The van der Waals surface area contributed by atoms with Gasteiger partial charge in [-0.25, -0.2) is 13.6 Å². The van der Waals surface area contributed by atoms with Gasteiger partial charge in [0, 0.05) is 43.3 Å². The number of hydrogen-bond acceptors (Lipinski definition) is 5. The van der Waals surface area contributed by atoms with Gasteiger partial charge in [-0.05, 0) is 12.8 Å². The summed E-state index contributed by atoms with van der Waals surface area (Å²) in [5.41, 5.74) is -2.48. The van der Waals surface area contributed by atoms with Crippen LogP contribution >= 0.6 is 0 Å². The van der Waals surface area contributed by atoms with Crippen molar-refractivity contribution in [1.82, 2.24) is 19.8 Å². The van der Waals surface area contributed by atoms with Crippen LogP contribution in [0.3, 0.4) is 0 Å². The first-order chi connectivity index (χ1) is 12.9. The predicted molar refractivity (Wildman–Crippen MR) is 89.3 cm³/mol. The van der Waals surface area contributed by atoms with E-state index in [1.54, 1.807) is 0 Å². The minimum Gasteiger partial charge on any atom is -0.609 e. The molecule has 1 unspecified atom stereocenters. The molecule has 12 heteroatoms. The number of alkyl halides is 3. The zero-order chi connectivity index (χ0) is 19.6. The Morgan fingerprint density at radius 2 is 2.11 bits per heavy atom. The number of piperidine rings is 1. The molecule has 2 atom stereocenters. The van der Waals surface area contributed by atoms with Crippen LogP contribution in [0.5, 0.6) is 0 Å². The summed E-state index contributed by atoms with van der Waals surface area (Å²) in [6.45, 7) is 0.501. The number of likely N-dealkylation sites (tertiary alicyclic amines) is 1. The van der Waals surface area contributed by atoms with Gasteiger partial charge >= 0.3 is 6.03 Å². The quantitative estimate of drug-likeness (QED) is 0.771. The lowest BCUT2D eigenvalue weighted by atomic mass is 9.98. The van der Waals surface area contributed by atoms with Gasteiger partial charge in [-0.2, -0.15) is 9.49 Å². The highest BCUT2D eigenvalue weighted by Crippen LogP contribution is 2.33. The summed E-state index contributed by atoms with van der Waals surface area (Å²) in [5, 5.41) is 9.68. The van der Waals surface area contributed by atoms with E-state index in [1.165, 1.54) is 24.3 Å². The van der Waals surface area contributed by atoms with Gasteiger partial charge in [0.1, 0.15) is 6.26 Å². The summed E-state index contributed by atoms with van der Waals surface area (Å²) in [5.74, 6) is -0.338. The number of nitrogens with zero attached hydrogens (tertiary/aromatic N) is 4. The van der Waals surface area contributed by atoms with E-state index in [2.05, 4.69) is 20.1 Å². The lowest BCUT2D eigenvalue weighted by Gasteiger charge is -2.33. The number of hydrogen-bond donors (Lipinski definition) is 1. The number of halogens is 3. The molecule has 1 aliphatic heterocycles. The SMILES string of the molecule is Cn1cc([S+]([O-])[C@@H](F)C2CCN(C(=O)Nc3ccon3)CC2)c(C(F)F)n1. The first-order valence-electron chi connectivity index (χ1n) is 8.19. The van der Waals surface area contributed by atoms with Crippen molar-refractivity contribution in [3.8, 4) is 0 Å². The van der Waals surface area contributed by atoms with Crippen molar-refractivity contribution >= 4 is 23.0 Å². The Morgan fingerprint density at radius 3 is 2.70 bits per heavy atom. The molecule has 148 valence electrons. The fourth-order valence-electron chi connectivity index (χ4n) is 2.92. The first-order valence-corrected chi connectivity index (χ1v) is 9.40. The van der Waals surface area contributed by atoms with E-state index in [-0.39, 0.29) is 36.6 Å². The third kappa shape index (κ3) is 4.38. The zero-order valence-electron chi connectivity index (χ0n) is 14.3. The Kier molecular flexibility index (Phi) is 5.95. The van der Waals surface area contributed by atoms with E-state index in [9.17, 15) is 22.5 Å². The third-order valence-corrected chi connectivity index (χ3v) is 5.86. The van der Waals surface area contributed by atoms with Crippen LogP contribution in [-0.2, 0) is 18.2 Å². The molecule has 2 aromatic heterocycles. The van der Waals surface area contributed by atoms with E-state index in [1.807, 2.05) is 0 Å². The number of aryl methyl sites for hydroxylation is 1. The van der Waals surface area contributed by atoms with Crippen LogP contribution in [0, 0.1) is 5.92 Å². The number of carbonyl (C=O) groups excluding carboxylic acids is 1. The van der Waals surface area contributed by atoms with Gasteiger partial charge in [-0.15, -0.1) is 0 Å². The fraction of sp³-hybridized carbons (Fsp3) is 0.533. The van der Waals surface area contributed by atoms with Crippen molar-refractivity contribution in [3.63, 3.8) is 0 Å². The highest BCUT2D eigenvalue weighted by Gasteiger charge is 2.39. The van der Waals surface area contributed by atoms with Crippen LogP contribution in [0.25, 0.3) is 0 Å². The molecule has 0 aromatic carbocycles. The molecule has 8 nitrogen and oxygen atoms in total. The summed E-state index contributed by atoms with van der Waals surface area (Å²) in [7, 11) is 1.41. The van der Waals surface area contributed by atoms with Crippen LogP contribution in [0.2, 0.25) is 0 Å². The Labute approximate surface area is 155 Å². The molecule has 0 radical (unpaired) electrons. The van der Waals surface area contributed by atoms with Crippen LogP contribution in [0.15, 0.2) is 27.9 Å². The van der Waals surface area contributed by atoms with Gasteiger partial charge in [-0.1, -0.05) is 5.16 Å². The lowest BCUT2D eigenvalue weighted by molar-refractivity contribution is 0.141. The molecule has 0 aliphatic carbocycles. The molecule has 3 rings (SSSR count). The fourth-order valence-corrected chi connectivity index (χ4v) is 4.37. The van der Waals surface area contributed by atoms with E-state index in [4.69, 9.17) is 0 Å². The number of carbonyl (C=O) groups is 1. The lowest BCUT2D eigenvalue weighted by Crippen LogP contribution is -2.43. The first kappa shape index (κ1) is 19.5. The van der Waals surface area contributed by atoms with Gasteiger partial charge in [0.15, 0.2) is 11.5 Å². The molecular weight excluding hydrogens is 387 g/mol. The van der Waals surface area contributed by atoms with E-state index >= 15 is 0 Å². The summed E-state index contributed by atoms with van der Waals surface area (Å²) in [6.07, 6.45) is 0.0773. The molecule has 3 heterocycles. The second kappa shape index (κ2) is 8.21. The molecule has 2 amide bonds. The number of nitrogens with one attached hydrogen (secondary N) is 1. The normalized spacial score (nSPS) is 17.9. The Hall–Kier alpha value is -2.21. The zero-order valence-corrected chi connectivity index (χ0v) is 15.2. The maximum Gasteiger partial charge on any atom is 0.323 e. The number of aromatic nitrogens is 3. The summed E-state index contributed by atoms with van der Waals surface area (Å²) < 4.78 is 58.9. The predicted octanol–water partition coefficient (Wildman–Crippen LogP) is 2.69. The van der Waals surface area contributed by atoms with Crippen LogP contribution in [-0.4, -0.2) is 49.0 Å². The molecule has 0 saturated carbocycles. The van der Waals surface area contributed by atoms with Gasteiger partial charge in [0.2, 0.25) is 4.90 Å². The monoisotopic (exact) mass is 405 g/mol. The van der Waals surface area contributed by atoms with Crippen LogP contribution < -0.4 is 5.32 Å². The average molecular weight is 405 g/mol. The maximum atomic E-state index is 14.7. The Bertz CT molecular complexity index is 765. The molecule has 0 bridgehead atoms. The topological polar surface area (TPSA) is 99.2 Å². The largest absolute Gasteiger partial charge is 0.609 e. The Morgan fingerprint density at radius 1 is 1.41 bits per heavy atom. The maximum absolute atomic E-state index is 14.7. The van der Waals surface area contributed by atoms with Crippen molar-refractivity contribution in [3.05, 3.63) is 24.2 Å². The molecule has 2 aromatic rings. The number of rotatable bonds is 5. The molecule has 1 saturated heterocycles. The summed E-state index contributed by atoms with van der Waals surface area (Å²) in [6, 6.07) is 1.09. The van der Waals surface area contributed by atoms with Gasteiger partial charge in [0.25, 0.3) is 11.9 Å². The highest BCUT2D eigenvalue weighted by molar-refractivity contribution is 7.92. The minimum atomic E-state index is -2.93. The molecule has 1 fully saturated rings. The third-order valence-electron chi connectivity index (χ3n) is 4.32. The van der Waals surface area contributed by atoms with Gasteiger partial charge in [-0.3, -0.25) is 10.00 Å². The van der Waals surface area contributed by atoms with Crippen molar-refractivity contribution in [1.29, 1.82) is 0 Å². The van der Waals surface area contributed by atoms with E-state index in [0.29, 0.717) is 0 Å². The van der Waals surface area contributed by atoms with Crippen molar-refractivity contribution in [2.45, 2.75) is 29.7 Å². The standard InChI is InChI=1S/C15H18F3N5O3S/c1-22-8-10(12(20-22)13(16)17)27(25)14(18)9-2-5-23(6-3-9)15(24)19-11-4-7-26-21-11/h4,7-9,13-14H,2-3,5-6H2,1H3,(H,19,21,24)/t14-,27?/m1/s1. The van der Waals surface area contributed by atoms with E-state index in [0.717, 1.165) is 10.9 Å². The number of anilines is 1. The second-order valence-corrected chi connectivity index (χ2v) is 7.63. The molecule has 27 heavy (non-hydrogen) atoms. The molecule has 0 spiro atoms. The molecular formula is C15H18F3N5O3S. The Balaban J connectivity index is 1.58. The van der Waals surface area contributed by atoms with E-state index < -0.39 is 40.7 Å². The summed E-state index contributed by atoms with van der Waals surface area (Å²) >= 11 is -2.26. The second-order valence-electron chi connectivity index (χ2n) is 6.14. The summed E-state index contributed by atoms with van der Waals surface area (Å²) in [4.78, 5) is 13.3. The van der Waals surface area contributed by atoms with Gasteiger partial charge in [0.05, 0.1) is 6.20 Å². The highest BCUT2D eigenvalue weighted by atomic mass is 32.2. The number of amides is 2. The minimum absolute atomic E-state index is 0.251. The van der Waals surface area contributed by atoms with Crippen LogP contribution in [0.4, 0.5) is 23.8 Å². The number of urea groups is 1. The van der Waals surface area contributed by atoms with Crippen molar-refractivity contribution in [2.75, 3.05) is 18.4 Å². The van der Waals surface area contributed by atoms with Crippen LogP contribution in [0.1, 0.15) is 25.0 Å².